The minimum Gasteiger partial charge on any atom is -0.392 e. The van der Waals surface area contributed by atoms with Crippen molar-refractivity contribution in [3.05, 3.63) is 29.8 Å². The number of aliphatic hydroxyl groups excluding tert-OH is 1. The lowest BCUT2D eigenvalue weighted by Gasteiger charge is -2.18. The lowest BCUT2D eigenvalue weighted by molar-refractivity contribution is 0.282. The van der Waals surface area contributed by atoms with E-state index in [1.807, 2.05) is 25.9 Å². The Labute approximate surface area is 108 Å². The van der Waals surface area contributed by atoms with Crippen molar-refractivity contribution in [1.29, 1.82) is 0 Å². The van der Waals surface area contributed by atoms with Gasteiger partial charge in [0.2, 0.25) is 10.0 Å². The Morgan fingerprint density at radius 2 is 1.83 bits per heavy atom. The maximum absolute atomic E-state index is 12.0. The van der Waals surface area contributed by atoms with Crippen LogP contribution in [0.2, 0.25) is 0 Å². The Morgan fingerprint density at radius 1 is 1.28 bits per heavy atom. The zero-order chi connectivity index (χ0) is 13.8. The summed E-state index contributed by atoms with van der Waals surface area (Å²) in [4.78, 5) is 2.13. The van der Waals surface area contributed by atoms with Crippen molar-refractivity contribution in [3.8, 4) is 0 Å². The molecule has 0 aliphatic rings. The van der Waals surface area contributed by atoms with E-state index in [9.17, 15) is 8.42 Å². The number of nitrogens with zero attached hydrogens (tertiary/aromatic N) is 1. The molecule has 1 aromatic carbocycles. The molecule has 0 spiro atoms. The van der Waals surface area contributed by atoms with Gasteiger partial charge in [0, 0.05) is 12.6 Å². The summed E-state index contributed by atoms with van der Waals surface area (Å²) < 4.78 is 26.7. The number of benzene rings is 1. The number of hydrogen-bond donors (Lipinski definition) is 2. The normalized spacial score (nSPS) is 13.8. The van der Waals surface area contributed by atoms with E-state index in [-0.39, 0.29) is 17.5 Å². The van der Waals surface area contributed by atoms with E-state index in [4.69, 9.17) is 5.11 Å². The molecule has 1 unspecified atom stereocenters. The van der Waals surface area contributed by atoms with E-state index in [1.165, 1.54) is 12.1 Å². The molecule has 0 bridgehead atoms. The van der Waals surface area contributed by atoms with Crippen LogP contribution in [0.4, 0.5) is 0 Å². The highest BCUT2D eigenvalue weighted by Crippen LogP contribution is 2.11. The van der Waals surface area contributed by atoms with E-state index in [0.29, 0.717) is 12.1 Å². The predicted molar refractivity (Wildman–Crippen MR) is 70.7 cm³/mol. The van der Waals surface area contributed by atoms with Gasteiger partial charge in [0.15, 0.2) is 0 Å². The number of nitrogens with one attached hydrogen (secondary N) is 1. The Kier molecular flexibility index (Phi) is 5.28. The average molecular weight is 272 g/mol. The van der Waals surface area contributed by atoms with Crippen molar-refractivity contribution >= 4 is 10.0 Å². The molecule has 5 nitrogen and oxygen atoms in total. The van der Waals surface area contributed by atoms with Gasteiger partial charge < -0.3 is 10.0 Å². The van der Waals surface area contributed by atoms with Crippen LogP contribution in [0.1, 0.15) is 12.5 Å². The van der Waals surface area contributed by atoms with Gasteiger partial charge in [-0.3, -0.25) is 0 Å². The molecule has 0 amide bonds. The van der Waals surface area contributed by atoms with E-state index in [2.05, 4.69) is 4.72 Å². The summed E-state index contributed by atoms with van der Waals surface area (Å²) in [5.74, 6) is 0. The summed E-state index contributed by atoms with van der Waals surface area (Å²) in [6, 6.07) is 6.03. The molecule has 0 radical (unpaired) electrons. The van der Waals surface area contributed by atoms with Gasteiger partial charge in [-0.05, 0) is 38.7 Å². The highest BCUT2D eigenvalue weighted by atomic mass is 32.2. The topological polar surface area (TPSA) is 69.6 Å². The van der Waals surface area contributed by atoms with Crippen LogP contribution in [0.25, 0.3) is 0 Å². The highest BCUT2D eigenvalue weighted by Gasteiger charge is 2.17. The SMILES string of the molecule is CC(CN(C)C)NS(=O)(=O)c1ccc(CO)cc1. The summed E-state index contributed by atoms with van der Waals surface area (Å²) in [6.07, 6.45) is 0. The summed E-state index contributed by atoms with van der Waals surface area (Å²) in [5.41, 5.74) is 0.690. The van der Waals surface area contributed by atoms with Crippen molar-refractivity contribution in [2.24, 2.45) is 0 Å². The van der Waals surface area contributed by atoms with Crippen molar-refractivity contribution in [1.82, 2.24) is 9.62 Å². The van der Waals surface area contributed by atoms with Gasteiger partial charge >= 0.3 is 0 Å². The average Bonchev–Trinajstić information content (AvgIpc) is 2.27. The van der Waals surface area contributed by atoms with Crippen LogP contribution in [0.3, 0.4) is 0 Å². The fourth-order valence-electron chi connectivity index (χ4n) is 1.69. The number of aliphatic hydroxyl groups is 1. The Balaban J connectivity index is 2.79. The molecular formula is C12H20N2O3S. The van der Waals surface area contributed by atoms with Gasteiger partial charge in [-0.2, -0.15) is 0 Å². The largest absolute Gasteiger partial charge is 0.392 e. The fraction of sp³-hybridized carbons (Fsp3) is 0.500. The third-order valence-corrected chi connectivity index (χ3v) is 4.02. The van der Waals surface area contributed by atoms with E-state index in [0.717, 1.165) is 0 Å². The van der Waals surface area contributed by atoms with Gasteiger partial charge in [0.25, 0.3) is 0 Å². The molecule has 0 aliphatic heterocycles. The predicted octanol–water partition coefficient (Wildman–Crippen LogP) is 0.407. The van der Waals surface area contributed by atoms with Crippen LogP contribution < -0.4 is 4.72 Å². The molecule has 1 atom stereocenters. The summed E-state index contributed by atoms with van der Waals surface area (Å²) >= 11 is 0. The minimum atomic E-state index is -3.49. The molecule has 0 heterocycles. The number of rotatable bonds is 6. The number of hydrogen-bond acceptors (Lipinski definition) is 4. The monoisotopic (exact) mass is 272 g/mol. The van der Waals surface area contributed by atoms with Crippen molar-refractivity contribution < 1.29 is 13.5 Å². The first-order valence-corrected chi connectivity index (χ1v) is 7.20. The van der Waals surface area contributed by atoms with Gasteiger partial charge in [-0.25, -0.2) is 13.1 Å². The zero-order valence-corrected chi connectivity index (χ0v) is 11.7. The summed E-state index contributed by atoms with van der Waals surface area (Å²) in [5, 5.41) is 8.91. The molecule has 2 N–H and O–H groups in total. The van der Waals surface area contributed by atoms with Gasteiger partial charge in [-0.15, -0.1) is 0 Å². The van der Waals surface area contributed by atoms with Crippen LogP contribution in [-0.4, -0.2) is 45.1 Å². The number of sulfonamides is 1. The van der Waals surface area contributed by atoms with Crippen LogP contribution in [0.5, 0.6) is 0 Å². The van der Waals surface area contributed by atoms with Crippen LogP contribution in [-0.2, 0) is 16.6 Å². The van der Waals surface area contributed by atoms with Gasteiger partial charge in [-0.1, -0.05) is 12.1 Å². The molecule has 102 valence electrons. The van der Waals surface area contributed by atoms with Crippen molar-refractivity contribution in [2.45, 2.75) is 24.5 Å². The minimum absolute atomic E-state index is 0.0925. The maximum atomic E-state index is 12.0. The van der Waals surface area contributed by atoms with E-state index in [1.54, 1.807) is 12.1 Å². The maximum Gasteiger partial charge on any atom is 0.240 e. The summed E-state index contributed by atoms with van der Waals surface area (Å²) in [7, 11) is 0.291. The second-order valence-corrected chi connectivity index (χ2v) is 6.30. The third-order valence-electron chi connectivity index (χ3n) is 2.41. The number of likely N-dealkylation sites (N-methyl/N-ethyl adjacent to an activating group) is 1. The Bertz CT molecular complexity index is 469. The second kappa shape index (κ2) is 6.29. The molecule has 18 heavy (non-hydrogen) atoms. The van der Waals surface area contributed by atoms with Crippen molar-refractivity contribution in [3.63, 3.8) is 0 Å². The smallest absolute Gasteiger partial charge is 0.240 e. The molecule has 0 saturated heterocycles. The zero-order valence-electron chi connectivity index (χ0n) is 10.9. The first-order chi connectivity index (χ1) is 8.35. The highest BCUT2D eigenvalue weighted by molar-refractivity contribution is 7.89. The van der Waals surface area contributed by atoms with Gasteiger partial charge in [0.05, 0.1) is 11.5 Å². The molecule has 1 rings (SSSR count). The standard InChI is InChI=1S/C12H20N2O3S/c1-10(8-14(2)3)13-18(16,17)12-6-4-11(9-15)5-7-12/h4-7,10,13,15H,8-9H2,1-3H3. The fourth-order valence-corrected chi connectivity index (χ4v) is 2.93. The second-order valence-electron chi connectivity index (χ2n) is 4.59. The van der Waals surface area contributed by atoms with E-state index >= 15 is 0 Å². The molecular weight excluding hydrogens is 252 g/mol. The molecule has 0 aliphatic carbocycles. The molecule has 0 saturated carbocycles. The molecule has 0 aromatic heterocycles. The first-order valence-electron chi connectivity index (χ1n) is 5.72. The van der Waals surface area contributed by atoms with E-state index < -0.39 is 10.0 Å². The summed E-state index contributed by atoms with van der Waals surface area (Å²) in [6.45, 7) is 2.36. The lowest BCUT2D eigenvalue weighted by atomic mass is 10.2. The van der Waals surface area contributed by atoms with Crippen LogP contribution in [0.15, 0.2) is 29.2 Å². The van der Waals surface area contributed by atoms with Gasteiger partial charge in [0.1, 0.15) is 0 Å². The molecule has 0 fully saturated rings. The first kappa shape index (κ1) is 15.1. The lowest BCUT2D eigenvalue weighted by Crippen LogP contribution is -2.39. The molecule has 1 aromatic rings. The Morgan fingerprint density at radius 3 is 2.28 bits per heavy atom. The van der Waals surface area contributed by atoms with Crippen LogP contribution in [0, 0.1) is 0 Å². The molecule has 6 heteroatoms. The third kappa shape index (κ3) is 4.38. The Hall–Kier alpha value is -0.950. The van der Waals surface area contributed by atoms with Crippen molar-refractivity contribution in [2.75, 3.05) is 20.6 Å². The van der Waals surface area contributed by atoms with Crippen LogP contribution >= 0.6 is 0 Å². The quantitative estimate of drug-likeness (QED) is 0.787.